The van der Waals surface area contributed by atoms with Crippen molar-refractivity contribution in [2.45, 2.75) is 38.8 Å². The minimum atomic E-state index is -0.342. The molecular formula is C13H25N3O2. The van der Waals surface area contributed by atoms with Gasteiger partial charge in [-0.05, 0) is 26.7 Å². The van der Waals surface area contributed by atoms with Crippen LogP contribution in [0.2, 0.25) is 0 Å². The third-order valence-corrected chi connectivity index (χ3v) is 2.74. The van der Waals surface area contributed by atoms with Crippen LogP contribution in [-0.4, -0.2) is 36.5 Å². The van der Waals surface area contributed by atoms with Crippen LogP contribution in [0.3, 0.4) is 0 Å². The van der Waals surface area contributed by atoms with Gasteiger partial charge in [0, 0.05) is 26.5 Å². The number of ether oxygens (including phenoxy) is 2. The SMILES string of the molecule is COCCOCCCCn1cncc1C(C)(C)N. The van der Waals surface area contributed by atoms with E-state index in [2.05, 4.69) is 9.55 Å². The highest BCUT2D eigenvalue weighted by Gasteiger charge is 2.18. The maximum atomic E-state index is 6.09. The first kappa shape index (κ1) is 15.1. The second kappa shape index (κ2) is 7.51. The molecule has 1 rings (SSSR count). The molecule has 0 unspecified atom stereocenters. The minimum absolute atomic E-state index is 0.342. The molecule has 0 radical (unpaired) electrons. The number of imidazole rings is 1. The van der Waals surface area contributed by atoms with Crippen molar-refractivity contribution < 1.29 is 9.47 Å². The van der Waals surface area contributed by atoms with Crippen LogP contribution in [0.25, 0.3) is 0 Å². The molecule has 1 heterocycles. The van der Waals surface area contributed by atoms with E-state index in [1.54, 1.807) is 7.11 Å². The van der Waals surface area contributed by atoms with Crippen molar-refractivity contribution in [2.24, 2.45) is 5.73 Å². The molecule has 0 atom stereocenters. The minimum Gasteiger partial charge on any atom is -0.382 e. The number of hydrogen-bond acceptors (Lipinski definition) is 4. The summed E-state index contributed by atoms with van der Waals surface area (Å²) < 4.78 is 12.4. The van der Waals surface area contributed by atoms with E-state index in [4.69, 9.17) is 15.2 Å². The number of nitrogens with two attached hydrogens (primary N) is 1. The van der Waals surface area contributed by atoms with Gasteiger partial charge in [-0.2, -0.15) is 0 Å². The number of aryl methyl sites for hydroxylation is 1. The zero-order chi connectivity index (χ0) is 13.4. The van der Waals surface area contributed by atoms with E-state index in [9.17, 15) is 0 Å². The predicted molar refractivity (Wildman–Crippen MR) is 71.4 cm³/mol. The molecule has 0 spiro atoms. The Morgan fingerprint density at radius 2 is 2.06 bits per heavy atom. The lowest BCUT2D eigenvalue weighted by molar-refractivity contribution is 0.0684. The fraction of sp³-hybridized carbons (Fsp3) is 0.769. The highest BCUT2D eigenvalue weighted by molar-refractivity contribution is 5.09. The van der Waals surface area contributed by atoms with E-state index in [1.165, 1.54) is 0 Å². The van der Waals surface area contributed by atoms with Crippen LogP contribution in [0.15, 0.2) is 12.5 Å². The molecule has 0 bridgehead atoms. The second-order valence-electron chi connectivity index (χ2n) is 5.01. The van der Waals surface area contributed by atoms with Crippen LogP contribution >= 0.6 is 0 Å². The number of methoxy groups -OCH3 is 1. The van der Waals surface area contributed by atoms with Crippen molar-refractivity contribution in [1.82, 2.24) is 9.55 Å². The third-order valence-electron chi connectivity index (χ3n) is 2.74. The van der Waals surface area contributed by atoms with Gasteiger partial charge in [-0.1, -0.05) is 0 Å². The highest BCUT2D eigenvalue weighted by atomic mass is 16.5. The van der Waals surface area contributed by atoms with Crippen molar-refractivity contribution in [1.29, 1.82) is 0 Å². The lowest BCUT2D eigenvalue weighted by atomic mass is 10.0. The van der Waals surface area contributed by atoms with Gasteiger partial charge in [0.1, 0.15) is 0 Å². The summed E-state index contributed by atoms with van der Waals surface area (Å²) in [7, 11) is 1.68. The van der Waals surface area contributed by atoms with Gasteiger partial charge in [0.05, 0.1) is 30.8 Å². The lowest BCUT2D eigenvalue weighted by Crippen LogP contribution is -2.31. The third kappa shape index (κ3) is 5.16. The lowest BCUT2D eigenvalue weighted by Gasteiger charge is -2.20. The Balaban J connectivity index is 2.22. The average molecular weight is 255 g/mol. The zero-order valence-electron chi connectivity index (χ0n) is 11.7. The Labute approximate surface area is 109 Å². The van der Waals surface area contributed by atoms with E-state index in [-0.39, 0.29) is 5.54 Å². The molecule has 2 N–H and O–H groups in total. The van der Waals surface area contributed by atoms with E-state index in [1.807, 2.05) is 26.4 Å². The number of nitrogens with zero attached hydrogens (tertiary/aromatic N) is 2. The maximum Gasteiger partial charge on any atom is 0.0948 e. The number of hydrogen-bond donors (Lipinski definition) is 1. The quantitative estimate of drug-likeness (QED) is 0.680. The fourth-order valence-corrected chi connectivity index (χ4v) is 1.77. The molecule has 0 aliphatic carbocycles. The van der Waals surface area contributed by atoms with Gasteiger partial charge >= 0.3 is 0 Å². The molecule has 0 aliphatic heterocycles. The van der Waals surface area contributed by atoms with Crippen LogP contribution in [0.1, 0.15) is 32.4 Å². The monoisotopic (exact) mass is 255 g/mol. The van der Waals surface area contributed by atoms with Crippen molar-refractivity contribution in [2.75, 3.05) is 26.9 Å². The molecule has 0 fully saturated rings. The summed E-state index contributed by atoms with van der Waals surface area (Å²) in [5, 5.41) is 0. The largest absolute Gasteiger partial charge is 0.382 e. The predicted octanol–water partition coefficient (Wildman–Crippen LogP) is 1.52. The van der Waals surface area contributed by atoms with E-state index >= 15 is 0 Å². The number of rotatable bonds is 9. The molecular weight excluding hydrogens is 230 g/mol. The standard InChI is InChI=1S/C13H25N3O2/c1-13(2,14)12-10-15-11-16(12)6-4-5-7-18-9-8-17-3/h10-11H,4-9,14H2,1-3H3. The maximum absolute atomic E-state index is 6.09. The number of unbranched alkanes of at least 4 members (excludes halogenated alkanes) is 1. The van der Waals surface area contributed by atoms with Crippen LogP contribution in [0, 0.1) is 0 Å². The molecule has 0 saturated carbocycles. The Hall–Kier alpha value is -0.910. The first-order chi connectivity index (χ1) is 8.55. The molecule has 18 heavy (non-hydrogen) atoms. The van der Waals surface area contributed by atoms with Gasteiger partial charge < -0.3 is 19.8 Å². The molecule has 1 aromatic heterocycles. The van der Waals surface area contributed by atoms with E-state index < -0.39 is 0 Å². The molecule has 5 heteroatoms. The Bertz CT molecular complexity index is 331. The number of aromatic nitrogens is 2. The van der Waals surface area contributed by atoms with Crippen LogP contribution in [-0.2, 0) is 21.6 Å². The highest BCUT2D eigenvalue weighted by Crippen LogP contribution is 2.16. The zero-order valence-corrected chi connectivity index (χ0v) is 11.7. The summed E-state index contributed by atoms with van der Waals surface area (Å²) in [6, 6.07) is 0. The Morgan fingerprint density at radius 3 is 2.72 bits per heavy atom. The first-order valence-electron chi connectivity index (χ1n) is 6.42. The summed E-state index contributed by atoms with van der Waals surface area (Å²) in [6.45, 7) is 7.03. The van der Waals surface area contributed by atoms with Crippen LogP contribution in [0.5, 0.6) is 0 Å². The van der Waals surface area contributed by atoms with E-state index in [0.29, 0.717) is 13.2 Å². The van der Waals surface area contributed by atoms with Crippen molar-refractivity contribution in [3.05, 3.63) is 18.2 Å². The van der Waals surface area contributed by atoms with Gasteiger partial charge in [-0.25, -0.2) is 4.98 Å². The van der Waals surface area contributed by atoms with Crippen molar-refractivity contribution >= 4 is 0 Å². The fourth-order valence-electron chi connectivity index (χ4n) is 1.77. The molecule has 104 valence electrons. The van der Waals surface area contributed by atoms with E-state index in [0.717, 1.165) is 31.7 Å². The van der Waals surface area contributed by atoms with Crippen LogP contribution in [0.4, 0.5) is 0 Å². The molecule has 0 aromatic carbocycles. The topological polar surface area (TPSA) is 62.3 Å². The molecule has 0 amide bonds. The van der Waals surface area contributed by atoms with Gasteiger partial charge in [-0.15, -0.1) is 0 Å². The smallest absolute Gasteiger partial charge is 0.0948 e. The molecule has 1 aromatic rings. The first-order valence-corrected chi connectivity index (χ1v) is 6.42. The summed E-state index contributed by atoms with van der Waals surface area (Å²) in [4.78, 5) is 4.16. The summed E-state index contributed by atoms with van der Waals surface area (Å²) in [6.07, 6.45) is 5.78. The van der Waals surface area contributed by atoms with Crippen molar-refractivity contribution in [3.63, 3.8) is 0 Å². The molecule has 0 saturated heterocycles. The molecule has 5 nitrogen and oxygen atoms in total. The summed E-state index contributed by atoms with van der Waals surface area (Å²) in [5.41, 5.74) is 6.82. The second-order valence-corrected chi connectivity index (χ2v) is 5.01. The van der Waals surface area contributed by atoms with Gasteiger partial charge in [-0.3, -0.25) is 0 Å². The van der Waals surface area contributed by atoms with Gasteiger partial charge in [0.15, 0.2) is 0 Å². The summed E-state index contributed by atoms with van der Waals surface area (Å²) in [5.74, 6) is 0. The van der Waals surface area contributed by atoms with Gasteiger partial charge in [0.2, 0.25) is 0 Å². The van der Waals surface area contributed by atoms with Crippen LogP contribution < -0.4 is 5.73 Å². The summed E-state index contributed by atoms with van der Waals surface area (Å²) >= 11 is 0. The average Bonchev–Trinajstić information content (AvgIpc) is 2.76. The Kier molecular flexibility index (Phi) is 6.32. The van der Waals surface area contributed by atoms with Crippen molar-refractivity contribution in [3.8, 4) is 0 Å². The molecule has 0 aliphatic rings. The normalized spacial score (nSPS) is 12.0. The Morgan fingerprint density at radius 1 is 1.28 bits per heavy atom. The van der Waals surface area contributed by atoms with Gasteiger partial charge in [0.25, 0.3) is 0 Å².